The molecule has 3 rings (SSSR count). The molecule has 1 saturated heterocycles. The topological polar surface area (TPSA) is 66.9 Å². The molecule has 1 aliphatic heterocycles. The Balaban J connectivity index is 1.54. The third-order valence-corrected chi connectivity index (χ3v) is 7.25. The monoisotopic (exact) mass is 416 g/mol. The summed E-state index contributed by atoms with van der Waals surface area (Å²) in [7, 11) is -1.87. The molecule has 0 radical (unpaired) electrons. The number of sulfonamides is 1. The minimum atomic E-state index is -3.51. The minimum absolute atomic E-state index is 0.0610. The van der Waals surface area contributed by atoms with Crippen LogP contribution in [0, 0.1) is 13.8 Å². The summed E-state index contributed by atoms with van der Waals surface area (Å²) in [5.74, 6) is 0.900. The lowest BCUT2D eigenvalue weighted by molar-refractivity contribution is -0.132. The van der Waals surface area contributed by atoms with E-state index in [9.17, 15) is 13.2 Å². The molecule has 7 heteroatoms. The Bertz CT molecular complexity index is 963. The number of carbonyl (C=O) groups excluding carboxylic acids is 1. The van der Waals surface area contributed by atoms with Crippen LogP contribution in [-0.2, 0) is 21.2 Å². The van der Waals surface area contributed by atoms with Gasteiger partial charge in [0.25, 0.3) is 0 Å². The maximum Gasteiger partial charge on any atom is 0.243 e. The van der Waals surface area contributed by atoms with Crippen LogP contribution in [0.5, 0.6) is 5.75 Å². The lowest BCUT2D eigenvalue weighted by Gasteiger charge is -2.34. The number of nitrogens with zero attached hydrogens (tertiary/aromatic N) is 2. The van der Waals surface area contributed by atoms with Crippen LogP contribution in [-0.4, -0.2) is 56.8 Å². The molecule has 1 heterocycles. The summed E-state index contributed by atoms with van der Waals surface area (Å²) in [6.07, 6.45) is 1.07. The number of carbonyl (C=O) groups is 1. The Kier molecular flexibility index (Phi) is 6.59. The molecule has 2 aromatic carbocycles. The lowest BCUT2D eigenvalue weighted by Crippen LogP contribution is -2.50. The van der Waals surface area contributed by atoms with E-state index < -0.39 is 10.0 Å². The van der Waals surface area contributed by atoms with E-state index in [1.165, 1.54) is 4.31 Å². The Morgan fingerprint density at radius 1 is 1.00 bits per heavy atom. The molecule has 0 aromatic heterocycles. The molecule has 0 saturated carbocycles. The number of amides is 1. The second-order valence-corrected chi connectivity index (χ2v) is 9.34. The highest BCUT2D eigenvalue weighted by molar-refractivity contribution is 7.89. The van der Waals surface area contributed by atoms with Gasteiger partial charge in [-0.2, -0.15) is 4.31 Å². The number of piperazine rings is 1. The van der Waals surface area contributed by atoms with Crippen molar-refractivity contribution in [2.24, 2.45) is 0 Å². The van der Waals surface area contributed by atoms with Crippen LogP contribution in [0.2, 0.25) is 0 Å². The van der Waals surface area contributed by atoms with Gasteiger partial charge in [-0.05, 0) is 49.6 Å². The predicted molar refractivity (Wildman–Crippen MR) is 113 cm³/mol. The van der Waals surface area contributed by atoms with E-state index in [-0.39, 0.29) is 5.91 Å². The first-order chi connectivity index (χ1) is 13.8. The molecule has 0 spiro atoms. The zero-order valence-corrected chi connectivity index (χ0v) is 18.0. The van der Waals surface area contributed by atoms with Crippen molar-refractivity contribution in [2.45, 2.75) is 31.6 Å². The summed E-state index contributed by atoms with van der Waals surface area (Å²) in [5, 5.41) is 0. The third-order valence-electron chi connectivity index (χ3n) is 5.34. The Hall–Kier alpha value is -2.38. The smallest absolute Gasteiger partial charge is 0.243 e. The maximum atomic E-state index is 12.8. The number of ether oxygens (including phenoxy) is 1. The van der Waals surface area contributed by atoms with Crippen molar-refractivity contribution in [1.82, 2.24) is 9.21 Å². The van der Waals surface area contributed by atoms with E-state index in [2.05, 4.69) is 0 Å². The number of methoxy groups -OCH3 is 1. The van der Waals surface area contributed by atoms with Crippen LogP contribution >= 0.6 is 0 Å². The summed E-state index contributed by atoms with van der Waals surface area (Å²) in [6, 6.07) is 12.8. The summed E-state index contributed by atoms with van der Waals surface area (Å²) >= 11 is 0. The highest BCUT2D eigenvalue weighted by Crippen LogP contribution is 2.21. The molecule has 0 aliphatic carbocycles. The van der Waals surface area contributed by atoms with Crippen LogP contribution in [0.1, 0.15) is 23.1 Å². The fraction of sp³-hybridized carbons (Fsp3) is 0.409. The Morgan fingerprint density at radius 2 is 1.66 bits per heavy atom. The minimum Gasteiger partial charge on any atom is -0.496 e. The summed E-state index contributed by atoms with van der Waals surface area (Å²) in [4.78, 5) is 14.6. The molecule has 0 bridgehead atoms. The van der Waals surface area contributed by atoms with Gasteiger partial charge >= 0.3 is 0 Å². The third kappa shape index (κ3) is 4.97. The number of hydrogen-bond donors (Lipinski definition) is 0. The van der Waals surface area contributed by atoms with Crippen molar-refractivity contribution in [3.05, 3.63) is 59.2 Å². The normalized spacial score (nSPS) is 15.3. The van der Waals surface area contributed by atoms with Gasteiger partial charge in [0.2, 0.25) is 15.9 Å². The molecule has 1 amide bonds. The number of aryl methyl sites for hydroxylation is 3. The Morgan fingerprint density at radius 3 is 2.24 bits per heavy atom. The van der Waals surface area contributed by atoms with Gasteiger partial charge in [-0.15, -0.1) is 0 Å². The van der Waals surface area contributed by atoms with Gasteiger partial charge in [-0.1, -0.05) is 29.8 Å². The second kappa shape index (κ2) is 8.97. The molecule has 156 valence electrons. The zero-order chi connectivity index (χ0) is 21.0. The number of benzene rings is 2. The molecular formula is C22H28N2O4S. The molecule has 1 fully saturated rings. The van der Waals surface area contributed by atoms with Crippen LogP contribution in [0.25, 0.3) is 0 Å². The molecule has 29 heavy (non-hydrogen) atoms. The summed E-state index contributed by atoms with van der Waals surface area (Å²) in [6.45, 7) is 5.40. The Labute approximate surface area is 173 Å². The molecule has 1 aliphatic rings. The van der Waals surface area contributed by atoms with E-state index in [1.54, 1.807) is 36.3 Å². The van der Waals surface area contributed by atoms with Crippen molar-refractivity contribution >= 4 is 15.9 Å². The van der Waals surface area contributed by atoms with Crippen LogP contribution in [0.4, 0.5) is 0 Å². The first-order valence-corrected chi connectivity index (χ1v) is 11.2. The van der Waals surface area contributed by atoms with Gasteiger partial charge in [0.1, 0.15) is 5.75 Å². The quantitative estimate of drug-likeness (QED) is 0.726. The van der Waals surface area contributed by atoms with Gasteiger partial charge in [0.05, 0.1) is 12.0 Å². The van der Waals surface area contributed by atoms with Gasteiger partial charge in [-0.3, -0.25) is 4.79 Å². The molecular weight excluding hydrogens is 388 g/mol. The van der Waals surface area contributed by atoms with Crippen molar-refractivity contribution in [2.75, 3.05) is 33.3 Å². The molecule has 6 nitrogen and oxygen atoms in total. The van der Waals surface area contributed by atoms with Crippen LogP contribution in [0.3, 0.4) is 0 Å². The fourth-order valence-corrected chi connectivity index (χ4v) is 4.96. The van der Waals surface area contributed by atoms with E-state index in [0.717, 1.165) is 22.4 Å². The average Bonchev–Trinajstić information content (AvgIpc) is 2.72. The summed E-state index contributed by atoms with van der Waals surface area (Å²) in [5.41, 5.74) is 3.16. The average molecular weight is 417 g/mol. The standard InChI is InChI=1S/C22H28N2O4S/c1-17-4-8-20(9-5-17)29(26,27)24-14-12-23(13-15-24)22(25)11-7-19-6-10-21(28-3)18(2)16-19/h4-6,8-10,16H,7,11-15H2,1-3H3. The highest BCUT2D eigenvalue weighted by atomic mass is 32.2. The lowest BCUT2D eigenvalue weighted by atomic mass is 10.1. The van der Waals surface area contributed by atoms with E-state index in [4.69, 9.17) is 4.74 Å². The second-order valence-electron chi connectivity index (χ2n) is 7.40. The number of hydrogen-bond acceptors (Lipinski definition) is 4. The van der Waals surface area contributed by atoms with Gasteiger partial charge in [0.15, 0.2) is 0 Å². The molecule has 0 unspecified atom stereocenters. The SMILES string of the molecule is COc1ccc(CCC(=O)N2CCN(S(=O)(=O)c3ccc(C)cc3)CC2)cc1C. The maximum absolute atomic E-state index is 12.8. The fourth-order valence-electron chi connectivity index (χ4n) is 3.54. The molecule has 0 atom stereocenters. The summed E-state index contributed by atoms with van der Waals surface area (Å²) < 4.78 is 32.3. The predicted octanol–water partition coefficient (Wildman–Crippen LogP) is 2.78. The van der Waals surface area contributed by atoms with Gasteiger partial charge < -0.3 is 9.64 Å². The molecule has 2 aromatic rings. The first kappa shape index (κ1) is 21.3. The van der Waals surface area contributed by atoms with Crippen molar-refractivity contribution in [3.63, 3.8) is 0 Å². The van der Waals surface area contributed by atoms with Crippen molar-refractivity contribution in [3.8, 4) is 5.75 Å². The van der Waals surface area contributed by atoms with E-state index >= 15 is 0 Å². The molecule has 0 N–H and O–H groups in total. The van der Waals surface area contributed by atoms with Gasteiger partial charge in [-0.25, -0.2) is 8.42 Å². The zero-order valence-electron chi connectivity index (χ0n) is 17.2. The van der Waals surface area contributed by atoms with Crippen LogP contribution < -0.4 is 4.74 Å². The van der Waals surface area contributed by atoms with E-state index in [0.29, 0.717) is 43.9 Å². The van der Waals surface area contributed by atoms with Gasteiger partial charge in [0, 0.05) is 32.6 Å². The first-order valence-electron chi connectivity index (χ1n) is 9.79. The number of rotatable bonds is 6. The van der Waals surface area contributed by atoms with Crippen LogP contribution in [0.15, 0.2) is 47.4 Å². The van der Waals surface area contributed by atoms with Crippen molar-refractivity contribution < 1.29 is 17.9 Å². The highest BCUT2D eigenvalue weighted by Gasteiger charge is 2.29. The van der Waals surface area contributed by atoms with Crippen molar-refractivity contribution in [1.29, 1.82) is 0 Å². The van der Waals surface area contributed by atoms with E-state index in [1.807, 2.05) is 32.0 Å². The largest absolute Gasteiger partial charge is 0.496 e.